The Bertz CT molecular complexity index is 1230. The Morgan fingerprint density at radius 2 is 2.26 bits per heavy atom. The smallest absolute Gasteiger partial charge is 0.332 e. The van der Waals surface area contributed by atoms with Gasteiger partial charge in [-0.25, -0.2) is 9.78 Å². The zero-order valence-corrected chi connectivity index (χ0v) is 15.4. The largest absolute Gasteiger partial charge is 0.491 e. The van der Waals surface area contributed by atoms with E-state index in [0.717, 1.165) is 27.3 Å². The van der Waals surface area contributed by atoms with Crippen LogP contribution in [0.25, 0.3) is 27.8 Å². The first-order chi connectivity index (χ1) is 13.3. The fourth-order valence-corrected chi connectivity index (χ4v) is 4.16. The Hall–Kier alpha value is -3.00. The molecule has 136 valence electrons. The van der Waals surface area contributed by atoms with E-state index in [9.17, 15) is 4.79 Å². The van der Waals surface area contributed by atoms with Gasteiger partial charge < -0.3 is 9.47 Å². The Morgan fingerprint density at radius 3 is 3.15 bits per heavy atom. The Morgan fingerprint density at radius 1 is 1.33 bits per heavy atom. The molecule has 0 radical (unpaired) electrons. The van der Waals surface area contributed by atoms with Crippen LogP contribution in [0.5, 0.6) is 11.5 Å². The van der Waals surface area contributed by atoms with E-state index in [-0.39, 0.29) is 5.69 Å². The molecule has 5 rings (SSSR count). The molecule has 4 heterocycles. The maximum atomic E-state index is 12.7. The predicted octanol–water partition coefficient (Wildman–Crippen LogP) is 3.15. The van der Waals surface area contributed by atoms with E-state index in [1.807, 2.05) is 31.3 Å². The van der Waals surface area contributed by atoms with Crippen molar-refractivity contribution < 1.29 is 9.47 Å². The number of ether oxygens (including phenoxy) is 2. The van der Waals surface area contributed by atoms with Gasteiger partial charge in [0, 0.05) is 29.6 Å². The number of aromatic nitrogens is 4. The molecular formula is C19H16N4O3S. The molecular weight excluding hydrogens is 364 g/mol. The van der Waals surface area contributed by atoms with Gasteiger partial charge in [-0.3, -0.25) is 14.5 Å². The first kappa shape index (κ1) is 16.2. The van der Waals surface area contributed by atoms with Gasteiger partial charge in [0.25, 0.3) is 0 Å². The number of nitrogens with one attached hydrogen (secondary N) is 1. The monoisotopic (exact) mass is 380 g/mol. The third kappa shape index (κ3) is 2.56. The minimum Gasteiger partial charge on any atom is -0.491 e. The minimum atomic E-state index is -0.267. The van der Waals surface area contributed by atoms with Crippen molar-refractivity contribution in [3.63, 3.8) is 0 Å². The van der Waals surface area contributed by atoms with Crippen molar-refractivity contribution in [3.05, 3.63) is 47.1 Å². The summed E-state index contributed by atoms with van der Waals surface area (Å²) in [5, 5.41) is 0.889. The number of thioether (sulfide) groups is 1. The fraction of sp³-hybridized carbons (Fsp3) is 0.211. The van der Waals surface area contributed by atoms with Crippen molar-refractivity contribution in [1.82, 2.24) is 19.5 Å². The maximum Gasteiger partial charge on any atom is 0.332 e. The normalized spacial score (nSPS) is 13.5. The van der Waals surface area contributed by atoms with Crippen molar-refractivity contribution in [2.45, 2.75) is 11.8 Å². The first-order valence-corrected chi connectivity index (χ1v) is 9.66. The number of pyridine rings is 2. The van der Waals surface area contributed by atoms with Crippen molar-refractivity contribution >= 4 is 33.8 Å². The van der Waals surface area contributed by atoms with Crippen LogP contribution < -0.4 is 15.2 Å². The van der Waals surface area contributed by atoms with Crippen LogP contribution in [-0.4, -0.2) is 38.5 Å². The number of benzene rings is 1. The lowest BCUT2D eigenvalue weighted by Crippen LogP contribution is -2.15. The lowest BCUT2D eigenvalue weighted by atomic mass is 10.1. The molecule has 0 aliphatic carbocycles. The highest BCUT2D eigenvalue weighted by Gasteiger charge is 2.18. The highest BCUT2D eigenvalue weighted by Crippen LogP contribution is 2.38. The summed E-state index contributed by atoms with van der Waals surface area (Å²) in [6.07, 6.45) is 3.47. The summed E-state index contributed by atoms with van der Waals surface area (Å²) in [6.45, 7) is 3.06. The first-order valence-electron chi connectivity index (χ1n) is 8.67. The highest BCUT2D eigenvalue weighted by atomic mass is 32.2. The van der Waals surface area contributed by atoms with Gasteiger partial charge in [-0.2, -0.15) is 0 Å². The van der Waals surface area contributed by atoms with E-state index in [4.69, 9.17) is 9.47 Å². The molecule has 0 saturated heterocycles. The summed E-state index contributed by atoms with van der Waals surface area (Å²) in [7, 11) is 0. The van der Waals surface area contributed by atoms with E-state index in [0.29, 0.717) is 35.8 Å². The van der Waals surface area contributed by atoms with Crippen LogP contribution in [0, 0.1) is 0 Å². The summed E-state index contributed by atoms with van der Waals surface area (Å²) < 4.78 is 13.2. The molecule has 1 aliphatic rings. The molecule has 1 N–H and O–H groups in total. The summed E-state index contributed by atoms with van der Waals surface area (Å²) in [6, 6.07) is 7.47. The second-order valence-electron chi connectivity index (χ2n) is 6.05. The Kier molecular flexibility index (Phi) is 3.78. The van der Waals surface area contributed by atoms with Gasteiger partial charge in [0.2, 0.25) is 0 Å². The number of hydrogen-bond donors (Lipinski definition) is 1. The number of imidazole rings is 1. The molecule has 0 bridgehead atoms. The second-order valence-corrected chi connectivity index (χ2v) is 7.19. The summed E-state index contributed by atoms with van der Waals surface area (Å²) >= 11 is 1.73. The van der Waals surface area contributed by atoms with Crippen LogP contribution in [0.4, 0.5) is 0 Å². The van der Waals surface area contributed by atoms with E-state index in [2.05, 4.69) is 15.0 Å². The lowest BCUT2D eigenvalue weighted by Gasteiger charge is -2.18. The molecule has 0 saturated carbocycles. The van der Waals surface area contributed by atoms with Crippen LogP contribution >= 0.6 is 11.8 Å². The molecule has 0 fully saturated rings. The van der Waals surface area contributed by atoms with E-state index in [1.165, 1.54) is 0 Å². The lowest BCUT2D eigenvalue weighted by molar-refractivity contribution is 0.334. The fourth-order valence-electron chi connectivity index (χ4n) is 3.35. The molecule has 0 amide bonds. The zero-order chi connectivity index (χ0) is 18.4. The molecule has 8 heteroatoms. The van der Waals surface area contributed by atoms with Gasteiger partial charge in [0.15, 0.2) is 5.65 Å². The van der Waals surface area contributed by atoms with Crippen molar-refractivity contribution in [2.75, 3.05) is 19.0 Å². The summed E-state index contributed by atoms with van der Waals surface area (Å²) in [4.78, 5) is 25.3. The Labute approximate surface area is 158 Å². The summed E-state index contributed by atoms with van der Waals surface area (Å²) in [5.74, 6) is 2.35. The van der Waals surface area contributed by atoms with Gasteiger partial charge in [-0.05, 0) is 25.1 Å². The standard InChI is InChI=1S/C19H16N4O3S/c1-2-25-14-5-6-20-18-16(14)23(19(24)22-18)11-3-4-13-12(9-11)17-15(10-21-13)27-8-7-26-17/h3-6,9-10H,2,7-8H2,1H3,(H,20,22,24). The average molecular weight is 380 g/mol. The molecule has 0 spiro atoms. The molecule has 0 atom stereocenters. The number of nitrogens with zero attached hydrogens (tertiary/aromatic N) is 3. The van der Waals surface area contributed by atoms with E-state index in [1.54, 1.807) is 28.6 Å². The topological polar surface area (TPSA) is 82.0 Å². The van der Waals surface area contributed by atoms with Crippen molar-refractivity contribution in [2.24, 2.45) is 0 Å². The summed E-state index contributed by atoms with van der Waals surface area (Å²) in [5.41, 5.74) is 2.39. The molecule has 3 aromatic heterocycles. The zero-order valence-electron chi connectivity index (χ0n) is 14.6. The number of hydrogen-bond acceptors (Lipinski definition) is 6. The molecule has 4 aromatic rings. The average Bonchev–Trinajstić information content (AvgIpc) is 3.04. The van der Waals surface area contributed by atoms with E-state index >= 15 is 0 Å². The van der Waals surface area contributed by atoms with Gasteiger partial charge in [0.05, 0.1) is 29.3 Å². The van der Waals surface area contributed by atoms with Crippen LogP contribution in [-0.2, 0) is 0 Å². The third-order valence-electron chi connectivity index (χ3n) is 4.45. The number of H-pyrrole nitrogens is 1. The molecule has 7 nitrogen and oxygen atoms in total. The van der Waals surface area contributed by atoms with Crippen LogP contribution in [0.15, 0.2) is 46.3 Å². The quantitative estimate of drug-likeness (QED) is 0.588. The van der Waals surface area contributed by atoms with Crippen molar-refractivity contribution in [1.29, 1.82) is 0 Å². The van der Waals surface area contributed by atoms with Crippen LogP contribution in [0.3, 0.4) is 0 Å². The number of aromatic amines is 1. The van der Waals surface area contributed by atoms with Gasteiger partial charge in [-0.1, -0.05) is 0 Å². The third-order valence-corrected chi connectivity index (χ3v) is 5.43. The Balaban J connectivity index is 1.79. The van der Waals surface area contributed by atoms with Crippen LogP contribution in [0.2, 0.25) is 0 Å². The van der Waals surface area contributed by atoms with Crippen LogP contribution in [0.1, 0.15) is 6.92 Å². The van der Waals surface area contributed by atoms with Gasteiger partial charge in [-0.15, -0.1) is 11.8 Å². The SMILES string of the molecule is CCOc1ccnc2[nH]c(=O)n(-c3ccc4ncc5c(c4c3)OCCS5)c12. The highest BCUT2D eigenvalue weighted by molar-refractivity contribution is 7.99. The number of rotatable bonds is 3. The van der Waals surface area contributed by atoms with Gasteiger partial charge >= 0.3 is 5.69 Å². The number of fused-ring (bicyclic) bond motifs is 4. The molecule has 27 heavy (non-hydrogen) atoms. The second kappa shape index (κ2) is 6.31. The van der Waals surface area contributed by atoms with Crippen molar-refractivity contribution in [3.8, 4) is 17.2 Å². The van der Waals surface area contributed by atoms with E-state index < -0.39 is 0 Å². The minimum absolute atomic E-state index is 0.267. The molecule has 1 aromatic carbocycles. The predicted molar refractivity (Wildman–Crippen MR) is 104 cm³/mol. The van der Waals surface area contributed by atoms with Gasteiger partial charge in [0.1, 0.15) is 17.0 Å². The molecule has 1 aliphatic heterocycles. The molecule has 0 unspecified atom stereocenters. The maximum absolute atomic E-state index is 12.7.